The lowest BCUT2D eigenvalue weighted by Crippen LogP contribution is -2.17. The van der Waals surface area contributed by atoms with E-state index in [0.29, 0.717) is 0 Å². The molecule has 0 spiro atoms. The van der Waals surface area contributed by atoms with Crippen molar-refractivity contribution in [2.24, 2.45) is 0 Å². The van der Waals surface area contributed by atoms with Gasteiger partial charge in [0.15, 0.2) is 0 Å². The van der Waals surface area contributed by atoms with E-state index in [-0.39, 0.29) is 11.9 Å². The van der Waals surface area contributed by atoms with Crippen molar-refractivity contribution in [2.45, 2.75) is 19.4 Å². The van der Waals surface area contributed by atoms with Crippen LogP contribution in [0.15, 0.2) is 18.2 Å². The second kappa shape index (κ2) is 2.75. The molecule has 1 atom stereocenters. The number of hydrogen-bond acceptors (Lipinski definition) is 2. The van der Waals surface area contributed by atoms with Crippen LogP contribution in [0.4, 0.5) is 10.1 Å². The Morgan fingerprint density at radius 1 is 1.50 bits per heavy atom. The predicted molar refractivity (Wildman–Crippen MR) is 46.2 cm³/mol. The maximum absolute atomic E-state index is 12.8. The summed E-state index contributed by atoms with van der Waals surface area (Å²) in [6.45, 7) is 2.07. The Kier molecular flexibility index (Phi) is 1.73. The van der Waals surface area contributed by atoms with Crippen molar-refractivity contribution >= 4 is 5.69 Å². The van der Waals surface area contributed by atoms with E-state index in [1.54, 1.807) is 12.1 Å². The minimum atomic E-state index is -0.169. The van der Waals surface area contributed by atoms with E-state index in [4.69, 9.17) is 0 Å². The molecule has 1 unspecified atom stereocenters. The summed E-state index contributed by atoms with van der Waals surface area (Å²) in [5.41, 5.74) is 8.11. The Balaban J connectivity index is 2.42. The number of fused-ring (bicyclic) bond motifs is 1. The van der Waals surface area contributed by atoms with Gasteiger partial charge in [-0.1, -0.05) is 6.92 Å². The Hall–Kier alpha value is -1.09. The number of anilines is 1. The molecule has 3 heteroatoms. The van der Waals surface area contributed by atoms with E-state index in [1.807, 2.05) is 0 Å². The topological polar surface area (TPSA) is 24.1 Å². The van der Waals surface area contributed by atoms with Gasteiger partial charge in [0.1, 0.15) is 5.82 Å². The van der Waals surface area contributed by atoms with Crippen molar-refractivity contribution in [1.82, 2.24) is 5.43 Å². The molecule has 0 amide bonds. The molecule has 2 rings (SSSR count). The van der Waals surface area contributed by atoms with E-state index < -0.39 is 0 Å². The lowest BCUT2D eigenvalue weighted by Gasteiger charge is -2.05. The third kappa shape index (κ3) is 1.06. The van der Waals surface area contributed by atoms with Crippen molar-refractivity contribution in [1.29, 1.82) is 0 Å². The van der Waals surface area contributed by atoms with E-state index in [0.717, 1.165) is 17.7 Å². The molecule has 0 bridgehead atoms. The van der Waals surface area contributed by atoms with Gasteiger partial charge in [0, 0.05) is 0 Å². The number of nitrogens with one attached hydrogen (secondary N) is 2. The van der Waals surface area contributed by atoms with E-state index >= 15 is 0 Å². The predicted octanol–water partition coefficient (Wildman–Crippen LogP) is 2.21. The largest absolute Gasteiger partial charge is 0.321 e. The summed E-state index contributed by atoms with van der Waals surface area (Å²) >= 11 is 0. The molecule has 1 aliphatic heterocycles. The maximum Gasteiger partial charge on any atom is 0.123 e. The van der Waals surface area contributed by atoms with E-state index in [2.05, 4.69) is 17.8 Å². The Bertz CT molecular complexity index is 299. The van der Waals surface area contributed by atoms with Gasteiger partial charge in [0.25, 0.3) is 0 Å². The average molecular weight is 166 g/mol. The van der Waals surface area contributed by atoms with Gasteiger partial charge in [0.2, 0.25) is 0 Å². The first-order valence-corrected chi connectivity index (χ1v) is 4.12. The zero-order valence-corrected chi connectivity index (χ0v) is 6.89. The number of halogens is 1. The molecule has 64 valence electrons. The summed E-state index contributed by atoms with van der Waals surface area (Å²) < 4.78 is 12.8. The summed E-state index contributed by atoms with van der Waals surface area (Å²) in [5.74, 6) is -0.169. The van der Waals surface area contributed by atoms with Crippen LogP contribution < -0.4 is 10.9 Å². The quantitative estimate of drug-likeness (QED) is 0.668. The second-order valence-corrected chi connectivity index (χ2v) is 2.96. The Morgan fingerprint density at radius 3 is 3.08 bits per heavy atom. The highest BCUT2D eigenvalue weighted by molar-refractivity contribution is 5.55. The fraction of sp³-hybridized carbons (Fsp3) is 0.333. The lowest BCUT2D eigenvalue weighted by molar-refractivity contribution is 0.592. The summed E-state index contributed by atoms with van der Waals surface area (Å²) in [4.78, 5) is 0. The van der Waals surface area contributed by atoms with Crippen LogP contribution in [-0.4, -0.2) is 0 Å². The van der Waals surface area contributed by atoms with Gasteiger partial charge in [-0.25, -0.2) is 9.82 Å². The van der Waals surface area contributed by atoms with Gasteiger partial charge >= 0.3 is 0 Å². The molecule has 0 radical (unpaired) electrons. The number of benzene rings is 1. The Labute approximate surface area is 70.8 Å². The van der Waals surface area contributed by atoms with Crippen LogP contribution in [0.1, 0.15) is 24.9 Å². The van der Waals surface area contributed by atoms with Crippen LogP contribution in [-0.2, 0) is 0 Å². The monoisotopic (exact) mass is 166 g/mol. The molecule has 1 aromatic rings. The molecule has 1 aromatic carbocycles. The molecule has 12 heavy (non-hydrogen) atoms. The summed E-state index contributed by atoms with van der Waals surface area (Å²) in [7, 11) is 0. The smallest absolute Gasteiger partial charge is 0.123 e. The summed E-state index contributed by atoms with van der Waals surface area (Å²) in [6, 6.07) is 5.05. The molecule has 0 saturated heterocycles. The molecule has 2 N–H and O–H groups in total. The third-order valence-corrected chi connectivity index (χ3v) is 2.18. The normalized spacial score (nSPS) is 20.3. The van der Waals surface area contributed by atoms with Crippen molar-refractivity contribution in [3.8, 4) is 0 Å². The highest BCUT2D eigenvalue weighted by Gasteiger charge is 2.19. The zero-order chi connectivity index (χ0) is 8.55. The van der Waals surface area contributed by atoms with Crippen LogP contribution >= 0.6 is 0 Å². The summed E-state index contributed by atoms with van der Waals surface area (Å²) in [6.07, 6.45) is 0.962. The molecule has 2 nitrogen and oxygen atoms in total. The molecule has 0 aromatic heterocycles. The third-order valence-electron chi connectivity index (χ3n) is 2.18. The van der Waals surface area contributed by atoms with Gasteiger partial charge in [-0.3, -0.25) is 0 Å². The maximum atomic E-state index is 12.8. The first-order chi connectivity index (χ1) is 5.81. The number of rotatable bonds is 1. The fourth-order valence-corrected chi connectivity index (χ4v) is 1.50. The SMILES string of the molecule is CCC1NNc2ccc(F)cc21. The van der Waals surface area contributed by atoms with Gasteiger partial charge in [0.05, 0.1) is 11.7 Å². The van der Waals surface area contributed by atoms with Crippen LogP contribution in [0.5, 0.6) is 0 Å². The van der Waals surface area contributed by atoms with E-state index in [1.165, 1.54) is 6.07 Å². The fourth-order valence-electron chi connectivity index (χ4n) is 1.50. The van der Waals surface area contributed by atoms with Crippen LogP contribution in [0.25, 0.3) is 0 Å². The van der Waals surface area contributed by atoms with Crippen LogP contribution in [0.3, 0.4) is 0 Å². The summed E-state index contributed by atoms with van der Waals surface area (Å²) in [5, 5.41) is 0. The van der Waals surface area contributed by atoms with Gasteiger partial charge < -0.3 is 5.43 Å². The highest BCUT2D eigenvalue weighted by atomic mass is 19.1. The molecule has 1 heterocycles. The lowest BCUT2D eigenvalue weighted by atomic mass is 10.1. The van der Waals surface area contributed by atoms with E-state index in [9.17, 15) is 4.39 Å². The standard InChI is InChI=1S/C9H11FN2/c1-2-8-7-5-6(10)3-4-9(7)12-11-8/h3-5,8,11-12H,2H2,1H3. The molecule has 1 aliphatic rings. The molecule has 0 saturated carbocycles. The second-order valence-electron chi connectivity index (χ2n) is 2.96. The number of hydrogen-bond donors (Lipinski definition) is 2. The average Bonchev–Trinajstić information content (AvgIpc) is 2.46. The molecule has 0 aliphatic carbocycles. The van der Waals surface area contributed by atoms with Crippen LogP contribution in [0.2, 0.25) is 0 Å². The molecular formula is C9H11FN2. The zero-order valence-electron chi connectivity index (χ0n) is 6.89. The Morgan fingerprint density at radius 2 is 2.33 bits per heavy atom. The minimum absolute atomic E-state index is 0.169. The minimum Gasteiger partial charge on any atom is -0.321 e. The molecular weight excluding hydrogens is 155 g/mol. The van der Waals surface area contributed by atoms with Crippen LogP contribution in [0, 0.1) is 5.82 Å². The first-order valence-electron chi connectivity index (χ1n) is 4.12. The van der Waals surface area contributed by atoms with Crippen molar-refractivity contribution in [2.75, 3.05) is 5.43 Å². The van der Waals surface area contributed by atoms with Crippen molar-refractivity contribution in [3.63, 3.8) is 0 Å². The number of hydrazine groups is 1. The van der Waals surface area contributed by atoms with Crippen molar-refractivity contribution < 1.29 is 4.39 Å². The van der Waals surface area contributed by atoms with Gasteiger partial charge in [-0.05, 0) is 30.2 Å². The van der Waals surface area contributed by atoms with Gasteiger partial charge in [-0.2, -0.15) is 0 Å². The molecule has 0 fully saturated rings. The first kappa shape index (κ1) is 7.55. The highest BCUT2D eigenvalue weighted by Crippen LogP contribution is 2.30. The van der Waals surface area contributed by atoms with Gasteiger partial charge in [-0.15, -0.1) is 0 Å². The van der Waals surface area contributed by atoms with Crippen molar-refractivity contribution in [3.05, 3.63) is 29.6 Å².